The quantitative estimate of drug-likeness (QED) is 0.408. The first kappa shape index (κ1) is 21.5. The summed E-state index contributed by atoms with van der Waals surface area (Å²) in [6.07, 6.45) is 8.78. The van der Waals surface area contributed by atoms with E-state index in [2.05, 4.69) is 57.8 Å². The Morgan fingerprint density at radius 3 is 2.79 bits per heavy atom. The number of amides is 1. The largest absolute Gasteiger partial charge is 0.495 e. The number of aryl methyl sites for hydroxylation is 1. The first-order valence-electron chi connectivity index (χ1n) is 11.1. The Labute approximate surface area is 196 Å². The maximum Gasteiger partial charge on any atom is 0.243 e. The average Bonchev–Trinajstić information content (AvgIpc) is 3.41. The molecule has 0 bridgehead atoms. The van der Waals surface area contributed by atoms with Gasteiger partial charge in [0.05, 0.1) is 17.2 Å². The Hall–Kier alpha value is -3.39. The third-order valence-corrected chi connectivity index (χ3v) is 7.67. The zero-order valence-electron chi connectivity index (χ0n) is 18.8. The average molecular weight is 462 g/mol. The molecule has 170 valence electrons. The van der Waals surface area contributed by atoms with Gasteiger partial charge in [-0.2, -0.15) is 0 Å². The van der Waals surface area contributed by atoms with Crippen LogP contribution in [0, 0.1) is 6.92 Å². The molecule has 3 aromatic heterocycles. The number of thiophene rings is 1. The smallest absolute Gasteiger partial charge is 0.243 e. The summed E-state index contributed by atoms with van der Waals surface area (Å²) in [4.78, 5) is 21.7. The zero-order chi connectivity index (χ0) is 23.1. The van der Waals surface area contributed by atoms with Crippen molar-refractivity contribution in [2.24, 2.45) is 0 Å². The van der Waals surface area contributed by atoms with Gasteiger partial charge in [0.1, 0.15) is 23.5 Å². The molecule has 1 fully saturated rings. The first-order valence-corrected chi connectivity index (χ1v) is 11.9. The Kier molecular flexibility index (Phi) is 5.54. The Bertz CT molecular complexity index is 1360. The lowest BCUT2D eigenvalue weighted by molar-refractivity contribution is -0.117. The van der Waals surface area contributed by atoms with Crippen molar-refractivity contribution in [2.45, 2.75) is 44.7 Å². The molecule has 3 N–H and O–H groups in total. The number of methoxy groups -OCH3 is 1. The number of carbonyl (C=O) groups excluding carboxylic acids is 1. The lowest BCUT2D eigenvalue weighted by Gasteiger charge is -2.30. The van der Waals surface area contributed by atoms with Gasteiger partial charge < -0.3 is 20.4 Å². The SMILES string of the molecule is C=CC(=O)NC1CCC(n2cc(-c3cc4cc(C)cc(OC)c4s3)c3c(N)ncnc32)CC1. The fourth-order valence-electron chi connectivity index (χ4n) is 4.88. The monoisotopic (exact) mass is 461 g/mol. The van der Waals surface area contributed by atoms with Gasteiger partial charge in [0, 0.05) is 28.7 Å². The summed E-state index contributed by atoms with van der Waals surface area (Å²) in [5.41, 5.74) is 9.43. The van der Waals surface area contributed by atoms with Crippen molar-refractivity contribution >= 4 is 44.2 Å². The van der Waals surface area contributed by atoms with Crippen LogP contribution in [-0.2, 0) is 4.79 Å². The van der Waals surface area contributed by atoms with Crippen LogP contribution >= 0.6 is 11.3 Å². The molecule has 0 aliphatic heterocycles. The van der Waals surface area contributed by atoms with E-state index in [0.717, 1.165) is 68.6 Å². The minimum atomic E-state index is -0.108. The number of ether oxygens (including phenoxy) is 1. The normalized spacial score (nSPS) is 18.5. The molecule has 7 nitrogen and oxygen atoms in total. The van der Waals surface area contributed by atoms with Crippen LogP contribution in [0.15, 0.2) is 43.4 Å². The number of nitrogen functional groups attached to an aromatic ring is 1. The maximum absolute atomic E-state index is 11.7. The van der Waals surface area contributed by atoms with Gasteiger partial charge in [-0.05, 0) is 61.8 Å². The van der Waals surface area contributed by atoms with Gasteiger partial charge in [0.15, 0.2) is 0 Å². The molecule has 1 aliphatic rings. The summed E-state index contributed by atoms with van der Waals surface area (Å²) in [5.74, 6) is 1.26. The number of carbonyl (C=O) groups is 1. The molecule has 0 atom stereocenters. The van der Waals surface area contributed by atoms with Crippen molar-refractivity contribution in [1.29, 1.82) is 0 Å². The van der Waals surface area contributed by atoms with Crippen molar-refractivity contribution in [3.05, 3.63) is 48.9 Å². The van der Waals surface area contributed by atoms with E-state index >= 15 is 0 Å². The molecule has 0 radical (unpaired) electrons. The van der Waals surface area contributed by atoms with Crippen molar-refractivity contribution in [3.8, 4) is 16.2 Å². The molecular formula is C25H27N5O2S. The Morgan fingerprint density at radius 2 is 2.06 bits per heavy atom. The number of fused-ring (bicyclic) bond motifs is 2. The van der Waals surface area contributed by atoms with Gasteiger partial charge in [-0.3, -0.25) is 4.79 Å². The van der Waals surface area contributed by atoms with E-state index in [1.165, 1.54) is 12.4 Å². The number of rotatable bonds is 5. The summed E-state index contributed by atoms with van der Waals surface area (Å²) in [5, 5.41) is 5.07. The van der Waals surface area contributed by atoms with Crippen LogP contribution in [-0.4, -0.2) is 33.6 Å². The van der Waals surface area contributed by atoms with Crippen LogP contribution < -0.4 is 15.8 Å². The number of benzene rings is 1. The standard InChI is InChI=1S/C25H27N5O2S/c1-4-21(31)29-16-5-7-17(8-6-16)30-12-18(22-24(26)27-13-28-25(22)30)20-11-15-9-14(2)10-19(32-3)23(15)33-20/h4,9-13,16-17H,1,5-8H2,2-3H3,(H,29,31)(H2,26,27,28). The van der Waals surface area contributed by atoms with Crippen molar-refractivity contribution in [1.82, 2.24) is 19.9 Å². The highest BCUT2D eigenvalue weighted by molar-refractivity contribution is 7.22. The van der Waals surface area contributed by atoms with E-state index in [-0.39, 0.29) is 11.9 Å². The van der Waals surface area contributed by atoms with Crippen LogP contribution in [0.2, 0.25) is 0 Å². The number of aromatic nitrogens is 3. The molecule has 1 amide bonds. The van der Waals surface area contributed by atoms with Crippen LogP contribution in [0.5, 0.6) is 5.75 Å². The fraction of sp³-hybridized carbons (Fsp3) is 0.320. The number of anilines is 1. The summed E-state index contributed by atoms with van der Waals surface area (Å²) < 4.78 is 9.00. The van der Waals surface area contributed by atoms with E-state index in [1.54, 1.807) is 18.4 Å². The molecule has 8 heteroatoms. The third-order valence-electron chi connectivity index (χ3n) is 6.47. The van der Waals surface area contributed by atoms with Gasteiger partial charge >= 0.3 is 0 Å². The minimum absolute atomic E-state index is 0.108. The highest BCUT2D eigenvalue weighted by Gasteiger charge is 2.26. The molecule has 1 aliphatic carbocycles. The molecule has 0 unspecified atom stereocenters. The molecule has 1 saturated carbocycles. The highest BCUT2D eigenvalue weighted by atomic mass is 32.1. The second kappa shape index (κ2) is 8.51. The van der Waals surface area contributed by atoms with E-state index in [9.17, 15) is 4.79 Å². The first-order chi connectivity index (χ1) is 16.0. The molecule has 33 heavy (non-hydrogen) atoms. The fourth-order valence-corrected chi connectivity index (χ4v) is 6.03. The number of nitrogens with one attached hydrogen (secondary N) is 1. The number of hydrogen-bond donors (Lipinski definition) is 2. The molecule has 3 heterocycles. The van der Waals surface area contributed by atoms with Crippen molar-refractivity contribution in [2.75, 3.05) is 12.8 Å². The predicted octanol–water partition coefficient (Wildman–Crippen LogP) is 5.00. The zero-order valence-corrected chi connectivity index (χ0v) is 19.6. The number of hydrogen-bond acceptors (Lipinski definition) is 6. The maximum atomic E-state index is 11.7. The molecular weight excluding hydrogens is 434 g/mol. The minimum Gasteiger partial charge on any atom is -0.495 e. The van der Waals surface area contributed by atoms with Crippen molar-refractivity contribution in [3.63, 3.8) is 0 Å². The van der Waals surface area contributed by atoms with Crippen molar-refractivity contribution < 1.29 is 9.53 Å². The summed E-state index contributed by atoms with van der Waals surface area (Å²) in [7, 11) is 1.71. The van der Waals surface area contributed by atoms with Crippen LogP contribution in [0.1, 0.15) is 37.3 Å². The number of nitrogens with two attached hydrogens (primary N) is 1. The van der Waals surface area contributed by atoms with Crippen LogP contribution in [0.4, 0.5) is 5.82 Å². The van der Waals surface area contributed by atoms with Gasteiger partial charge in [0.25, 0.3) is 0 Å². The van der Waals surface area contributed by atoms with Gasteiger partial charge in [-0.25, -0.2) is 9.97 Å². The Morgan fingerprint density at radius 1 is 1.27 bits per heavy atom. The van der Waals surface area contributed by atoms with E-state index in [0.29, 0.717) is 11.9 Å². The van der Waals surface area contributed by atoms with Gasteiger partial charge in [-0.1, -0.05) is 12.6 Å². The molecule has 5 rings (SSSR count). The van der Waals surface area contributed by atoms with Crippen LogP contribution in [0.25, 0.3) is 31.6 Å². The third kappa shape index (κ3) is 3.84. The topological polar surface area (TPSA) is 95.1 Å². The van der Waals surface area contributed by atoms with E-state index < -0.39 is 0 Å². The second-order valence-corrected chi connectivity index (χ2v) is 9.67. The Balaban J connectivity index is 1.55. The predicted molar refractivity (Wildman–Crippen MR) is 134 cm³/mol. The summed E-state index contributed by atoms with van der Waals surface area (Å²) >= 11 is 1.70. The highest BCUT2D eigenvalue weighted by Crippen LogP contribution is 2.44. The molecule has 4 aromatic rings. The lowest BCUT2D eigenvalue weighted by atomic mass is 9.91. The summed E-state index contributed by atoms with van der Waals surface area (Å²) in [6, 6.07) is 6.91. The number of nitrogens with zero attached hydrogens (tertiary/aromatic N) is 3. The molecule has 1 aromatic carbocycles. The summed E-state index contributed by atoms with van der Waals surface area (Å²) in [6.45, 7) is 5.62. The van der Waals surface area contributed by atoms with Crippen LogP contribution in [0.3, 0.4) is 0 Å². The molecule has 0 spiro atoms. The second-order valence-electron chi connectivity index (χ2n) is 8.62. The van der Waals surface area contributed by atoms with E-state index in [4.69, 9.17) is 10.5 Å². The molecule has 0 saturated heterocycles. The van der Waals surface area contributed by atoms with E-state index in [1.807, 2.05) is 0 Å². The van der Waals surface area contributed by atoms with Gasteiger partial charge in [0.2, 0.25) is 5.91 Å². The lowest BCUT2D eigenvalue weighted by Crippen LogP contribution is -2.36. The van der Waals surface area contributed by atoms with Gasteiger partial charge in [-0.15, -0.1) is 11.3 Å².